The highest BCUT2D eigenvalue weighted by molar-refractivity contribution is 7.92. The number of aryl methyl sites for hydroxylation is 2. The monoisotopic (exact) mass is 297 g/mol. The first kappa shape index (κ1) is 14.8. The van der Waals surface area contributed by atoms with Crippen molar-refractivity contribution < 1.29 is 18.3 Å². The zero-order valence-corrected chi connectivity index (χ0v) is 12.3. The molecule has 0 bridgehead atoms. The molecule has 1 aliphatic heterocycles. The molecule has 20 heavy (non-hydrogen) atoms. The van der Waals surface area contributed by atoms with Gasteiger partial charge in [0.2, 0.25) is 10.0 Å². The van der Waals surface area contributed by atoms with E-state index in [1.54, 1.807) is 0 Å². The van der Waals surface area contributed by atoms with Gasteiger partial charge in [0.15, 0.2) is 0 Å². The molecule has 2 rings (SSSR count). The van der Waals surface area contributed by atoms with Crippen LogP contribution in [0.1, 0.15) is 30.4 Å². The lowest BCUT2D eigenvalue weighted by Crippen LogP contribution is -2.37. The van der Waals surface area contributed by atoms with E-state index in [0.29, 0.717) is 6.54 Å². The third-order valence-corrected chi connectivity index (χ3v) is 5.35. The molecule has 0 fully saturated rings. The Kier molecular flexibility index (Phi) is 4.32. The standard InChI is InChI=1S/C14H19NO4S/c1-11-5-2-6-12-7-3-9-15(14(11)12)20(18,19)10-4-8-13(16)17/h2,5-6H,3-4,7-10H2,1H3,(H,16,17). The SMILES string of the molecule is Cc1cccc2c1N(S(=O)(=O)CCCC(=O)O)CCC2. The van der Waals surface area contributed by atoms with E-state index in [1.165, 1.54) is 4.31 Å². The van der Waals surface area contributed by atoms with Gasteiger partial charge in [-0.05, 0) is 37.3 Å². The Morgan fingerprint density at radius 3 is 2.85 bits per heavy atom. The first-order valence-electron chi connectivity index (χ1n) is 6.72. The Balaban J connectivity index is 2.24. The second-order valence-electron chi connectivity index (χ2n) is 5.07. The number of nitrogens with zero attached hydrogens (tertiary/aromatic N) is 1. The molecule has 1 aliphatic rings. The van der Waals surface area contributed by atoms with Gasteiger partial charge in [0.05, 0.1) is 11.4 Å². The summed E-state index contributed by atoms with van der Waals surface area (Å²) >= 11 is 0. The second-order valence-corrected chi connectivity index (χ2v) is 7.08. The zero-order chi connectivity index (χ0) is 14.8. The molecule has 0 saturated carbocycles. The van der Waals surface area contributed by atoms with Gasteiger partial charge in [-0.3, -0.25) is 9.10 Å². The highest BCUT2D eigenvalue weighted by Gasteiger charge is 2.28. The minimum atomic E-state index is -3.44. The molecule has 0 radical (unpaired) electrons. The molecular formula is C14H19NO4S. The van der Waals surface area contributed by atoms with E-state index in [2.05, 4.69) is 0 Å². The first-order chi connectivity index (χ1) is 9.42. The van der Waals surface area contributed by atoms with Crippen molar-refractivity contribution in [3.8, 4) is 0 Å². The molecule has 0 aromatic heterocycles. The number of para-hydroxylation sites is 1. The Morgan fingerprint density at radius 1 is 1.40 bits per heavy atom. The summed E-state index contributed by atoms with van der Waals surface area (Å²) in [5, 5.41) is 8.61. The van der Waals surface area contributed by atoms with Crippen LogP contribution in [0.2, 0.25) is 0 Å². The van der Waals surface area contributed by atoms with Crippen LogP contribution in [0.15, 0.2) is 18.2 Å². The summed E-state index contributed by atoms with van der Waals surface area (Å²) in [6.07, 6.45) is 1.72. The van der Waals surface area contributed by atoms with E-state index in [0.717, 1.165) is 29.7 Å². The number of benzene rings is 1. The number of anilines is 1. The van der Waals surface area contributed by atoms with Crippen molar-refractivity contribution in [1.82, 2.24) is 0 Å². The van der Waals surface area contributed by atoms with Crippen LogP contribution < -0.4 is 4.31 Å². The fourth-order valence-electron chi connectivity index (χ4n) is 2.60. The van der Waals surface area contributed by atoms with Gasteiger partial charge < -0.3 is 5.11 Å². The molecule has 0 aliphatic carbocycles. The molecule has 6 heteroatoms. The largest absolute Gasteiger partial charge is 0.481 e. The summed E-state index contributed by atoms with van der Waals surface area (Å²) in [5.41, 5.74) is 2.79. The smallest absolute Gasteiger partial charge is 0.303 e. The molecule has 1 heterocycles. The van der Waals surface area contributed by atoms with Gasteiger partial charge in [-0.2, -0.15) is 0 Å². The molecule has 0 saturated heterocycles. The van der Waals surface area contributed by atoms with Crippen molar-refractivity contribution in [2.24, 2.45) is 0 Å². The predicted octanol–water partition coefficient (Wildman–Crippen LogP) is 1.94. The molecule has 1 aromatic carbocycles. The predicted molar refractivity (Wildman–Crippen MR) is 77.5 cm³/mol. The van der Waals surface area contributed by atoms with Crippen LogP contribution >= 0.6 is 0 Å². The third-order valence-electron chi connectivity index (χ3n) is 3.51. The Morgan fingerprint density at radius 2 is 2.15 bits per heavy atom. The summed E-state index contributed by atoms with van der Waals surface area (Å²) in [5.74, 6) is -1.08. The maximum atomic E-state index is 12.4. The van der Waals surface area contributed by atoms with Crippen molar-refractivity contribution >= 4 is 21.7 Å². The minimum absolute atomic E-state index is 0.117. The van der Waals surface area contributed by atoms with E-state index in [9.17, 15) is 13.2 Å². The van der Waals surface area contributed by atoms with Crippen molar-refractivity contribution in [2.45, 2.75) is 32.6 Å². The van der Waals surface area contributed by atoms with Gasteiger partial charge in [0, 0.05) is 13.0 Å². The maximum absolute atomic E-state index is 12.4. The number of rotatable bonds is 5. The number of carboxylic acid groups (broad SMARTS) is 1. The van der Waals surface area contributed by atoms with E-state index in [4.69, 9.17) is 5.11 Å². The number of fused-ring (bicyclic) bond motifs is 1. The van der Waals surface area contributed by atoms with Crippen LogP contribution in [0, 0.1) is 6.92 Å². The molecule has 5 nitrogen and oxygen atoms in total. The van der Waals surface area contributed by atoms with Crippen LogP contribution in [-0.2, 0) is 21.2 Å². The quantitative estimate of drug-likeness (QED) is 0.901. The van der Waals surface area contributed by atoms with E-state index in [1.807, 2.05) is 25.1 Å². The lowest BCUT2D eigenvalue weighted by Gasteiger charge is -2.32. The summed E-state index contributed by atoms with van der Waals surface area (Å²) in [6, 6.07) is 5.81. The number of aliphatic carboxylic acids is 1. The van der Waals surface area contributed by atoms with Gasteiger partial charge in [-0.15, -0.1) is 0 Å². The lowest BCUT2D eigenvalue weighted by atomic mass is 10.0. The second kappa shape index (κ2) is 5.83. The van der Waals surface area contributed by atoms with Crippen LogP contribution in [0.3, 0.4) is 0 Å². The van der Waals surface area contributed by atoms with Crippen LogP contribution in [0.25, 0.3) is 0 Å². The molecule has 0 atom stereocenters. The summed E-state index contributed by atoms with van der Waals surface area (Å²) in [7, 11) is -3.44. The van der Waals surface area contributed by atoms with Crippen molar-refractivity contribution in [2.75, 3.05) is 16.6 Å². The third kappa shape index (κ3) is 3.12. The summed E-state index contributed by atoms with van der Waals surface area (Å²) < 4.78 is 26.3. The summed E-state index contributed by atoms with van der Waals surface area (Å²) in [6.45, 7) is 2.39. The average Bonchev–Trinajstić information content (AvgIpc) is 2.37. The highest BCUT2D eigenvalue weighted by atomic mass is 32.2. The number of sulfonamides is 1. The van der Waals surface area contributed by atoms with Gasteiger partial charge in [0.25, 0.3) is 0 Å². The highest BCUT2D eigenvalue weighted by Crippen LogP contribution is 2.32. The molecule has 110 valence electrons. The zero-order valence-electron chi connectivity index (χ0n) is 11.5. The van der Waals surface area contributed by atoms with Gasteiger partial charge in [-0.25, -0.2) is 8.42 Å². The van der Waals surface area contributed by atoms with E-state index in [-0.39, 0.29) is 18.6 Å². The molecule has 0 spiro atoms. The van der Waals surface area contributed by atoms with Crippen LogP contribution in [0.4, 0.5) is 5.69 Å². The van der Waals surface area contributed by atoms with Crippen molar-refractivity contribution in [3.05, 3.63) is 29.3 Å². The maximum Gasteiger partial charge on any atom is 0.303 e. The molecule has 0 amide bonds. The van der Waals surface area contributed by atoms with Gasteiger partial charge in [-0.1, -0.05) is 18.2 Å². The van der Waals surface area contributed by atoms with Crippen molar-refractivity contribution in [1.29, 1.82) is 0 Å². The number of carbonyl (C=O) groups is 1. The number of carboxylic acids is 1. The lowest BCUT2D eigenvalue weighted by molar-refractivity contribution is -0.137. The molecule has 1 N–H and O–H groups in total. The van der Waals surface area contributed by atoms with Gasteiger partial charge in [0.1, 0.15) is 0 Å². The van der Waals surface area contributed by atoms with Gasteiger partial charge >= 0.3 is 5.97 Å². The minimum Gasteiger partial charge on any atom is -0.481 e. The molecule has 0 unspecified atom stereocenters. The first-order valence-corrected chi connectivity index (χ1v) is 8.33. The Hall–Kier alpha value is -1.56. The van der Waals surface area contributed by atoms with E-state index >= 15 is 0 Å². The van der Waals surface area contributed by atoms with Crippen LogP contribution in [-0.4, -0.2) is 31.8 Å². The molecule has 1 aromatic rings. The Bertz CT molecular complexity index is 610. The fourth-order valence-corrected chi connectivity index (χ4v) is 4.27. The average molecular weight is 297 g/mol. The Labute approximate surface area is 119 Å². The van der Waals surface area contributed by atoms with Crippen LogP contribution in [0.5, 0.6) is 0 Å². The normalized spacial score (nSPS) is 14.9. The van der Waals surface area contributed by atoms with E-state index < -0.39 is 16.0 Å². The number of hydrogen-bond donors (Lipinski definition) is 1. The topological polar surface area (TPSA) is 74.7 Å². The number of hydrogen-bond acceptors (Lipinski definition) is 3. The fraction of sp³-hybridized carbons (Fsp3) is 0.500. The van der Waals surface area contributed by atoms with Crippen molar-refractivity contribution in [3.63, 3.8) is 0 Å². The summed E-state index contributed by atoms with van der Waals surface area (Å²) in [4.78, 5) is 10.5. The molecular weight excluding hydrogens is 278 g/mol.